The number of hydrogen-bond acceptors (Lipinski definition) is 4. The Hall–Kier alpha value is -1.10. The number of nitrogens with one attached hydrogen (secondary N) is 1. The smallest absolute Gasteiger partial charge is 0.246 e. The summed E-state index contributed by atoms with van der Waals surface area (Å²) in [5, 5.41) is 8.52. The maximum Gasteiger partial charge on any atom is 0.246 e. The predicted molar refractivity (Wildman–Crippen MR) is 79.0 cm³/mol. The highest BCUT2D eigenvalue weighted by Crippen LogP contribution is 2.35. The van der Waals surface area contributed by atoms with Crippen LogP contribution in [0.1, 0.15) is 32.1 Å². The zero-order valence-electron chi connectivity index (χ0n) is 11.1. The van der Waals surface area contributed by atoms with Crippen LogP contribution in [0.15, 0.2) is 22.7 Å². The Morgan fingerprint density at radius 2 is 2.00 bits per heavy atom. The van der Waals surface area contributed by atoms with Crippen LogP contribution in [0.25, 0.3) is 11.4 Å². The lowest BCUT2D eigenvalue weighted by atomic mass is 9.91. The molecule has 1 N–H and O–H groups in total. The van der Waals surface area contributed by atoms with Crippen molar-refractivity contribution in [3.05, 3.63) is 34.1 Å². The number of piperidine rings is 1. The Kier molecular flexibility index (Phi) is 3.71. The molecule has 0 bridgehead atoms. The number of aromatic nitrogens is 2. The Morgan fingerprint density at radius 3 is 2.65 bits per heavy atom. The Balaban J connectivity index is 1.98. The van der Waals surface area contributed by atoms with Crippen LogP contribution in [0.4, 0.5) is 0 Å². The second kappa shape index (κ2) is 5.35. The molecule has 20 heavy (non-hydrogen) atoms. The third-order valence-electron chi connectivity index (χ3n) is 3.70. The molecule has 106 valence electrons. The standard InChI is InChI=1S/C14H15Cl2N3O/c1-14(7-2-3-8-17-14)13-18-12(19-20-13)11-9(15)5-4-6-10(11)16/h4-6,17H,2-3,7-8H2,1H3. The van der Waals surface area contributed by atoms with Gasteiger partial charge in [0.2, 0.25) is 11.7 Å². The second-order valence-electron chi connectivity index (χ2n) is 5.24. The second-order valence-corrected chi connectivity index (χ2v) is 6.05. The van der Waals surface area contributed by atoms with E-state index in [1.165, 1.54) is 6.42 Å². The van der Waals surface area contributed by atoms with E-state index in [4.69, 9.17) is 27.7 Å². The Labute approximate surface area is 127 Å². The van der Waals surface area contributed by atoms with Crippen molar-refractivity contribution in [3.8, 4) is 11.4 Å². The number of nitrogens with zero attached hydrogens (tertiary/aromatic N) is 2. The lowest BCUT2D eigenvalue weighted by Crippen LogP contribution is -2.43. The molecule has 6 heteroatoms. The van der Waals surface area contributed by atoms with Crippen molar-refractivity contribution in [1.82, 2.24) is 15.5 Å². The number of rotatable bonds is 2. The van der Waals surface area contributed by atoms with E-state index in [0.29, 0.717) is 27.3 Å². The first-order valence-corrected chi connectivity index (χ1v) is 7.39. The van der Waals surface area contributed by atoms with Gasteiger partial charge in [-0.05, 0) is 44.9 Å². The van der Waals surface area contributed by atoms with Crippen LogP contribution >= 0.6 is 23.2 Å². The molecule has 0 saturated carbocycles. The van der Waals surface area contributed by atoms with Crippen LogP contribution in [-0.2, 0) is 5.54 Å². The van der Waals surface area contributed by atoms with E-state index in [1.807, 2.05) is 0 Å². The van der Waals surface area contributed by atoms with Gasteiger partial charge in [0.15, 0.2) is 0 Å². The van der Waals surface area contributed by atoms with Crippen LogP contribution in [0.2, 0.25) is 10.0 Å². The SMILES string of the molecule is CC1(c2nc(-c3c(Cl)cccc3Cl)no2)CCCCN1. The molecule has 1 unspecified atom stereocenters. The molecule has 4 nitrogen and oxygen atoms in total. The van der Waals surface area contributed by atoms with Gasteiger partial charge in [-0.1, -0.05) is 34.4 Å². The molecule has 0 amide bonds. The monoisotopic (exact) mass is 311 g/mol. The quantitative estimate of drug-likeness (QED) is 0.909. The van der Waals surface area contributed by atoms with E-state index in [2.05, 4.69) is 22.4 Å². The molecule has 1 aromatic carbocycles. The van der Waals surface area contributed by atoms with Crippen LogP contribution in [-0.4, -0.2) is 16.7 Å². The highest BCUT2D eigenvalue weighted by atomic mass is 35.5. The molecule has 0 aliphatic carbocycles. The number of hydrogen-bond donors (Lipinski definition) is 1. The van der Waals surface area contributed by atoms with E-state index < -0.39 is 0 Å². The summed E-state index contributed by atoms with van der Waals surface area (Å²) in [6, 6.07) is 5.32. The van der Waals surface area contributed by atoms with Gasteiger partial charge in [-0.3, -0.25) is 0 Å². The summed E-state index contributed by atoms with van der Waals surface area (Å²) in [4.78, 5) is 4.49. The first-order valence-electron chi connectivity index (χ1n) is 6.64. The maximum atomic E-state index is 6.17. The van der Waals surface area contributed by atoms with Crippen LogP contribution in [0, 0.1) is 0 Å². The molecule has 1 aliphatic rings. The summed E-state index contributed by atoms with van der Waals surface area (Å²) in [6.07, 6.45) is 3.30. The lowest BCUT2D eigenvalue weighted by molar-refractivity contribution is 0.207. The molecular formula is C14H15Cl2N3O. The van der Waals surface area contributed by atoms with Gasteiger partial charge in [0.1, 0.15) is 0 Å². The average molecular weight is 312 g/mol. The molecule has 0 spiro atoms. The molecule has 1 atom stereocenters. The van der Waals surface area contributed by atoms with E-state index in [1.54, 1.807) is 18.2 Å². The van der Waals surface area contributed by atoms with Crippen molar-refractivity contribution in [2.45, 2.75) is 31.7 Å². The Morgan fingerprint density at radius 1 is 1.25 bits per heavy atom. The van der Waals surface area contributed by atoms with Crippen molar-refractivity contribution in [1.29, 1.82) is 0 Å². The molecule has 1 fully saturated rings. The van der Waals surface area contributed by atoms with Crippen molar-refractivity contribution < 1.29 is 4.52 Å². The molecule has 2 heterocycles. The third kappa shape index (κ3) is 2.43. The van der Waals surface area contributed by atoms with E-state index in [-0.39, 0.29) is 5.54 Å². The lowest BCUT2D eigenvalue weighted by Gasteiger charge is -2.31. The van der Waals surface area contributed by atoms with Gasteiger partial charge < -0.3 is 9.84 Å². The summed E-state index contributed by atoms with van der Waals surface area (Å²) in [5.74, 6) is 1.02. The summed E-state index contributed by atoms with van der Waals surface area (Å²) in [5.41, 5.74) is 0.349. The van der Waals surface area contributed by atoms with Gasteiger partial charge in [-0.15, -0.1) is 0 Å². The minimum atomic E-state index is -0.267. The molecule has 0 radical (unpaired) electrons. The summed E-state index contributed by atoms with van der Waals surface area (Å²) >= 11 is 12.3. The largest absolute Gasteiger partial charge is 0.337 e. The van der Waals surface area contributed by atoms with E-state index in [0.717, 1.165) is 19.4 Å². The first-order chi connectivity index (χ1) is 9.60. The maximum absolute atomic E-state index is 6.17. The van der Waals surface area contributed by atoms with Gasteiger partial charge in [-0.25, -0.2) is 0 Å². The van der Waals surface area contributed by atoms with E-state index in [9.17, 15) is 0 Å². The van der Waals surface area contributed by atoms with Gasteiger partial charge >= 0.3 is 0 Å². The molecular weight excluding hydrogens is 297 g/mol. The molecule has 1 saturated heterocycles. The topological polar surface area (TPSA) is 51.0 Å². The average Bonchev–Trinajstić information content (AvgIpc) is 2.90. The minimum Gasteiger partial charge on any atom is -0.337 e. The Bertz CT molecular complexity index is 600. The summed E-state index contributed by atoms with van der Waals surface area (Å²) in [7, 11) is 0. The summed E-state index contributed by atoms with van der Waals surface area (Å²) in [6.45, 7) is 3.04. The normalized spacial score (nSPS) is 22.9. The van der Waals surface area contributed by atoms with E-state index >= 15 is 0 Å². The highest BCUT2D eigenvalue weighted by molar-refractivity contribution is 6.38. The number of halogens is 2. The van der Waals surface area contributed by atoms with Crippen molar-refractivity contribution in [3.63, 3.8) is 0 Å². The minimum absolute atomic E-state index is 0.267. The van der Waals surface area contributed by atoms with Crippen molar-refractivity contribution in [2.24, 2.45) is 0 Å². The fourth-order valence-electron chi connectivity index (χ4n) is 2.50. The highest BCUT2D eigenvalue weighted by Gasteiger charge is 2.34. The molecule has 1 aromatic heterocycles. The number of benzene rings is 1. The summed E-state index contributed by atoms with van der Waals surface area (Å²) < 4.78 is 5.43. The van der Waals surface area contributed by atoms with Gasteiger partial charge in [0.05, 0.1) is 21.1 Å². The van der Waals surface area contributed by atoms with Crippen LogP contribution in [0.3, 0.4) is 0 Å². The van der Waals surface area contributed by atoms with Crippen LogP contribution in [0.5, 0.6) is 0 Å². The van der Waals surface area contributed by atoms with Gasteiger partial charge in [0, 0.05) is 0 Å². The first kappa shape index (κ1) is 13.9. The van der Waals surface area contributed by atoms with Crippen molar-refractivity contribution >= 4 is 23.2 Å². The third-order valence-corrected chi connectivity index (χ3v) is 4.33. The van der Waals surface area contributed by atoms with Crippen molar-refractivity contribution in [2.75, 3.05) is 6.54 Å². The zero-order chi connectivity index (χ0) is 14.2. The van der Waals surface area contributed by atoms with Gasteiger partial charge in [0.25, 0.3) is 0 Å². The fraction of sp³-hybridized carbons (Fsp3) is 0.429. The fourth-order valence-corrected chi connectivity index (χ4v) is 3.07. The predicted octanol–water partition coefficient (Wildman–Crippen LogP) is 4.03. The van der Waals surface area contributed by atoms with Gasteiger partial charge in [-0.2, -0.15) is 4.98 Å². The molecule has 1 aliphatic heterocycles. The zero-order valence-corrected chi connectivity index (χ0v) is 12.6. The van der Waals surface area contributed by atoms with Crippen LogP contribution < -0.4 is 5.32 Å². The molecule has 2 aromatic rings. The molecule has 3 rings (SSSR count).